The fourth-order valence-electron chi connectivity index (χ4n) is 4.72. The number of carbonyl (C=O) groups is 2. The number of nitrogens with zero attached hydrogens (tertiary/aromatic N) is 2. The molecule has 4 heterocycles. The summed E-state index contributed by atoms with van der Waals surface area (Å²) in [5, 5.41) is 9.12. The summed E-state index contributed by atoms with van der Waals surface area (Å²) in [6.07, 6.45) is 1.30. The van der Waals surface area contributed by atoms with Gasteiger partial charge in [0, 0.05) is 36.5 Å². The van der Waals surface area contributed by atoms with Gasteiger partial charge in [-0.2, -0.15) is 0 Å². The maximum absolute atomic E-state index is 13.5. The molecule has 0 bridgehead atoms. The van der Waals surface area contributed by atoms with Gasteiger partial charge in [0.05, 0.1) is 29.3 Å². The van der Waals surface area contributed by atoms with Gasteiger partial charge >= 0.3 is 0 Å². The molecule has 0 aliphatic carbocycles. The van der Waals surface area contributed by atoms with E-state index in [2.05, 4.69) is 25.8 Å². The van der Waals surface area contributed by atoms with Crippen LogP contribution in [-0.4, -0.2) is 73.3 Å². The molecule has 0 spiro atoms. The van der Waals surface area contributed by atoms with Crippen molar-refractivity contribution in [3.63, 3.8) is 0 Å². The zero-order valence-corrected chi connectivity index (χ0v) is 20.3. The van der Waals surface area contributed by atoms with Gasteiger partial charge in [0.15, 0.2) is 14.8 Å². The number of sulfone groups is 1. The molecule has 3 aliphatic rings. The average Bonchev–Trinajstić information content (AvgIpc) is 3.38. The molecule has 2 aromatic rings. The van der Waals surface area contributed by atoms with Crippen molar-refractivity contribution < 1.29 is 22.4 Å². The Morgan fingerprint density at radius 2 is 2.09 bits per heavy atom. The number of hydrogen-bond donors (Lipinski definition) is 3. The molecule has 1 aromatic heterocycles. The lowest BCUT2D eigenvalue weighted by atomic mass is 10.0. The van der Waals surface area contributed by atoms with E-state index in [1.807, 2.05) is 7.05 Å². The minimum absolute atomic E-state index is 0.0638. The van der Waals surface area contributed by atoms with Crippen LogP contribution in [0.1, 0.15) is 32.4 Å². The molecule has 2 amide bonds. The van der Waals surface area contributed by atoms with Crippen molar-refractivity contribution >= 4 is 38.7 Å². The molecule has 34 heavy (non-hydrogen) atoms. The molecular weight excluding hydrogens is 481 g/mol. The van der Waals surface area contributed by atoms with Crippen LogP contribution < -0.4 is 16.0 Å². The maximum atomic E-state index is 13.5. The predicted octanol–water partition coefficient (Wildman–Crippen LogP) is 0.709. The zero-order chi connectivity index (χ0) is 24.0. The SMILES string of the molecule is CN1CCc2nc(C(=O)N[C@@H]3CS(=O)(=O)CC[C@H]3NC(=O)C3Cc4cc(F)ccc4N3)sc2C1. The van der Waals surface area contributed by atoms with Gasteiger partial charge in [-0.15, -0.1) is 11.3 Å². The van der Waals surface area contributed by atoms with Gasteiger partial charge < -0.3 is 20.9 Å². The summed E-state index contributed by atoms with van der Waals surface area (Å²) in [5.74, 6) is -1.41. The van der Waals surface area contributed by atoms with E-state index in [4.69, 9.17) is 0 Å². The van der Waals surface area contributed by atoms with Crippen molar-refractivity contribution in [1.82, 2.24) is 20.5 Å². The molecule has 3 aliphatic heterocycles. The first-order valence-corrected chi connectivity index (χ1v) is 13.8. The quantitative estimate of drug-likeness (QED) is 0.557. The lowest BCUT2D eigenvalue weighted by Crippen LogP contribution is -2.59. The van der Waals surface area contributed by atoms with E-state index in [0.717, 1.165) is 35.6 Å². The molecule has 9 nitrogen and oxygen atoms in total. The van der Waals surface area contributed by atoms with E-state index >= 15 is 0 Å². The van der Waals surface area contributed by atoms with Crippen molar-refractivity contribution in [3.8, 4) is 0 Å². The van der Waals surface area contributed by atoms with Crippen molar-refractivity contribution in [1.29, 1.82) is 0 Å². The van der Waals surface area contributed by atoms with Gasteiger partial charge in [-0.3, -0.25) is 9.59 Å². The van der Waals surface area contributed by atoms with Crippen molar-refractivity contribution in [2.24, 2.45) is 0 Å². The van der Waals surface area contributed by atoms with Gasteiger partial charge in [0.1, 0.15) is 11.9 Å². The first kappa shape index (κ1) is 23.2. The topological polar surface area (TPSA) is 120 Å². The molecule has 1 aromatic carbocycles. The number of rotatable bonds is 4. The highest BCUT2D eigenvalue weighted by Gasteiger charge is 2.38. The van der Waals surface area contributed by atoms with Crippen LogP contribution in [0, 0.1) is 5.82 Å². The Kier molecular flexibility index (Phi) is 6.07. The highest BCUT2D eigenvalue weighted by molar-refractivity contribution is 7.91. The van der Waals surface area contributed by atoms with Crippen LogP contribution in [0.4, 0.5) is 10.1 Å². The van der Waals surface area contributed by atoms with E-state index in [0.29, 0.717) is 17.1 Å². The monoisotopic (exact) mass is 507 g/mol. The van der Waals surface area contributed by atoms with Crippen molar-refractivity contribution in [3.05, 3.63) is 45.2 Å². The average molecular weight is 508 g/mol. The second-order valence-corrected chi connectivity index (χ2v) is 12.5. The van der Waals surface area contributed by atoms with Crippen LogP contribution in [-0.2, 0) is 34.0 Å². The molecule has 3 N–H and O–H groups in total. The Hall–Kier alpha value is -2.57. The van der Waals surface area contributed by atoms with Gasteiger partial charge in [-0.25, -0.2) is 17.8 Å². The van der Waals surface area contributed by atoms with E-state index in [9.17, 15) is 22.4 Å². The lowest BCUT2D eigenvalue weighted by molar-refractivity contribution is -0.122. The van der Waals surface area contributed by atoms with Gasteiger partial charge in [0.25, 0.3) is 5.91 Å². The van der Waals surface area contributed by atoms with Crippen LogP contribution >= 0.6 is 11.3 Å². The Bertz CT molecular complexity index is 1250. The Balaban J connectivity index is 1.27. The summed E-state index contributed by atoms with van der Waals surface area (Å²) < 4.78 is 38.1. The van der Waals surface area contributed by atoms with E-state index in [-0.39, 0.29) is 29.7 Å². The smallest absolute Gasteiger partial charge is 0.280 e. The van der Waals surface area contributed by atoms with Crippen molar-refractivity contribution in [2.75, 3.05) is 30.4 Å². The standard InChI is InChI=1S/C22H26FN5O4S2/c1-28-6-4-16-19(10-28)33-22(27-16)21(30)26-18-11-34(31,32)7-5-15(18)25-20(29)17-9-12-8-13(23)2-3-14(12)24-17/h2-3,8,15,17-18,24H,4-7,9-11H2,1H3,(H,25,29)(H,26,30)/t15-,17?,18-/m1/s1. The molecule has 12 heteroatoms. The lowest BCUT2D eigenvalue weighted by Gasteiger charge is -2.33. The summed E-state index contributed by atoms with van der Waals surface area (Å²) in [6.45, 7) is 1.61. The number of likely N-dealkylation sites (N-methyl/N-ethyl adjacent to an activating group) is 1. The number of carbonyl (C=O) groups excluding carboxylic acids is 2. The number of aromatic nitrogens is 1. The largest absolute Gasteiger partial charge is 0.373 e. The number of thiazole rings is 1. The van der Waals surface area contributed by atoms with E-state index in [1.165, 1.54) is 23.5 Å². The van der Waals surface area contributed by atoms with Crippen molar-refractivity contribution in [2.45, 2.75) is 43.9 Å². The maximum Gasteiger partial charge on any atom is 0.280 e. The molecule has 182 valence electrons. The molecule has 3 atom stereocenters. The summed E-state index contributed by atoms with van der Waals surface area (Å²) >= 11 is 1.32. The highest BCUT2D eigenvalue weighted by atomic mass is 32.2. The fourth-order valence-corrected chi connectivity index (χ4v) is 7.45. The number of halogens is 1. The summed E-state index contributed by atoms with van der Waals surface area (Å²) in [4.78, 5) is 33.6. The molecule has 1 saturated heterocycles. The third-order valence-corrected chi connectivity index (χ3v) is 9.36. The fraction of sp³-hybridized carbons (Fsp3) is 0.500. The number of hydrogen-bond acceptors (Lipinski definition) is 8. The molecule has 1 fully saturated rings. The van der Waals surface area contributed by atoms with Crippen LogP contribution in [0.3, 0.4) is 0 Å². The number of benzene rings is 1. The number of anilines is 1. The Morgan fingerprint density at radius 1 is 1.26 bits per heavy atom. The zero-order valence-electron chi connectivity index (χ0n) is 18.6. The second-order valence-electron chi connectivity index (χ2n) is 9.18. The predicted molar refractivity (Wildman–Crippen MR) is 126 cm³/mol. The first-order valence-electron chi connectivity index (χ1n) is 11.2. The summed E-state index contributed by atoms with van der Waals surface area (Å²) in [6, 6.07) is 2.44. The first-order chi connectivity index (χ1) is 16.2. The number of nitrogens with one attached hydrogen (secondary N) is 3. The number of amides is 2. The molecule has 0 saturated carbocycles. The second kappa shape index (κ2) is 8.90. The molecule has 0 radical (unpaired) electrons. The summed E-state index contributed by atoms with van der Waals surface area (Å²) in [7, 11) is -1.34. The van der Waals surface area contributed by atoms with Crippen LogP contribution in [0.25, 0.3) is 0 Å². The van der Waals surface area contributed by atoms with Gasteiger partial charge in [0.2, 0.25) is 5.91 Å². The Morgan fingerprint density at radius 3 is 2.91 bits per heavy atom. The normalized spacial score (nSPS) is 25.6. The number of fused-ring (bicyclic) bond motifs is 2. The van der Waals surface area contributed by atoms with E-state index < -0.39 is 33.9 Å². The highest BCUT2D eigenvalue weighted by Crippen LogP contribution is 2.27. The Labute approximate surface area is 201 Å². The summed E-state index contributed by atoms with van der Waals surface area (Å²) in [5.41, 5.74) is 2.34. The minimum atomic E-state index is -3.35. The van der Waals surface area contributed by atoms with Crippen LogP contribution in [0.2, 0.25) is 0 Å². The molecular formula is C22H26FN5O4S2. The molecule has 5 rings (SSSR count). The molecule has 1 unspecified atom stereocenters. The minimum Gasteiger partial charge on any atom is -0.373 e. The third kappa shape index (κ3) is 4.80. The van der Waals surface area contributed by atoms with Crippen LogP contribution in [0.5, 0.6) is 0 Å². The third-order valence-electron chi connectivity index (χ3n) is 6.56. The van der Waals surface area contributed by atoms with Gasteiger partial charge in [-0.05, 0) is 37.2 Å². The van der Waals surface area contributed by atoms with Crippen LogP contribution in [0.15, 0.2) is 18.2 Å². The van der Waals surface area contributed by atoms with Gasteiger partial charge in [-0.1, -0.05) is 0 Å². The van der Waals surface area contributed by atoms with E-state index in [1.54, 1.807) is 6.07 Å².